The fourth-order valence-corrected chi connectivity index (χ4v) is 3.90. The van der Waals surface area contributed by atoms with Crippen molar-refractivity contribution in [3.63, 3.8) is 0 Å². The molecule has 0 radical (unpaired) electrons. The largest absolute Gasteiger partial charge is 0.433 e. The lowest BCUT2D eigenvalue weighted by molar-refractivity contribution is -0.143. The van der Waals surface area contributed by atoms with E-state index in [2.05, 4.69) is 5.10 Å². The zero-order valence-electron chi connectivity index (χ0n) is 14.8. The third kappa shape index (κ3) is 4.29. The Labute approximate surface area is 179 Å². The highest BCUT2D eigenvalue weighted by molar-refractivity contribution is 7.89. The maximum Gasteiger partial charge on any atom is 0.433 e. The van der Waals surface area contributed by atoms with Crippen LogP contribution in [0.2, 0.25) is 10.0 Å². The van der Waals surface area contributed by atoms with E-state index >= 15 is 0 Å². The van der Waals surface area contributed by atoms with Crippen LogP contribution in [0.4, 0.5) is 13.2 Å². The highest BCUT2D eigenvalue weighted by atomic mass is 35.5. The van der Waals surface area contributed by atoms with E-state index in [0.717, 1.165) is 12.1 Å². The summed E-state index contributed by atoms with van der Waals surface area (Å²) in [6, 6.07) is 10.5. The summed E-state index contributed by atoms with van der Waals surface area (Å²) < 4.78 is 65.3. The molecule has 0 unspecified atom stereocenters. The second kappa shape index (κ2) is 7.92. The molecule has 3 rings (SSSR count). The summed E-state index contributed by atoms with van der Waals surface area (Å²) >= 11 is 12.0. The van der Waals surface area contributed by atoms with Gasteiger partial charge in [-0.2, -0.15) is 23.5 Å². The van der Waals surface area contributed by atoms with Crippen LogP contribution in [0.5, 0.6) is 0 Å². The molecule has 156 valence electrons. The molecule has 12 heteroatoms. The fourth-order valence-electron chi connectivity index (χ4n) is 2.88. The van der Waals surface area contributed by atoms with Gasteiger partial charge in [-0.05, 0) is 24.3 Å². The number of aromatic nitrogens is 2. The Kier molecular flexibility index (Phi) is 5.84. The zero-order chi connectivity index (χ0) is 22.3. The van der Waals surface area contributed by atoms with E-state index in [4.69, 9.17) is 33.6 Å². The first-order chi connectivity index (χ1) is 13.9. The average Bonchev–Trinajstić information content (AvgIpc) is 3.01. The second-order valence-electron chi connectivity index (χ2n) is 6.08. The monoisotopic (exact) mass is 474 g/mol. The van der Waals surface area contributed by atoms with E-state index in [-0.39, 0.29) is 37.3 Å². The molecule has 3 aromatic rings. The summed E-state index contributed by atoms with van der Waals surface area (Å²) in [5.41, 5.74) is -1.49. The summed E-state index contributed by atoms with van der Waals surface area (Å²) in [6.07, 6.45) is -4.86. The summed E-state index contributed by atoms with van der Waals surface area (Å²) in [5.74, 6) is 0. The third-order valence-corrected chi connectivity index (χ3v) is 5.58. The first-order valence-electron chi connectivity index (χ1n) is 8.07. The van der Waals surface area contributed by atoms with E-state index in [1.165, 1.54) is 30.3 Å². The Hall–Kier alpha value is -2.58. The lowest BCUT2D eigenvalue weighted by Crippen LogP contribution is -2.15. The molecule has 0 aliphatic rings. The molecule has 1 heterocycles. The molecule has 0 amide bonds. The highest BCUT2D eigenvalue weighted by Gasteiger charge is 2.41. The molecule has 0 aliphatic carbocycles. The van der Waals surface area contributed by atoms with Crippen LogP contribution in [-0.2, 0) is 22.7 Å². The van der Waals surface area contributed by atoms with Crippen molar-refractivity contribution in [1.29, 1.82) is 5.26 Å². The quantitative estimate of drug-likeness (QED) is 0.590. The van der Waals surface area contributed by atoms with Crippen molar-refractivity contribution in [2.75, 3.05) is 0 Å². The van der Waals surface area contributed by atoms with Gasteiger partial charge in [0.15, 0.2) is 5.69 Å². The van der Waals surface area contributed by atoms with Crippen molar-refractivity contribution in [2.45, 2.75) is 17.6 Å². The Balaban J connectivity index is 2.36. The van der Waals surface area contributed by atoms with Crippen molar-refractivity contribution in [1.82, 2.24) is 9.78 Å². The molecule has 0 saturated carbocycles. The number of alkyl halides is 3. The number of nitrogens with zero attached hydrogens (tertiary/aromatic N) is 3. The number of halogens is 5. The molecule has 0 saturated heterocycles. The molecule has 2 N–H and O–H groups in total. The van der Waals surface area contributed by atoms with Crippen LogP contribution in [-0.4, -0.2) is 18.2 Å². The van der Waals surface area contributed by atoms with Gasteiger partial charge >= 0.3 is 6.18 Å². The van der Waals surface area contributed by atoms with Crippen molar-refractivity contribution in [2.24, 2.45) is 5.14 Å². The summed E-state index contributed by atoms with van der Waals surface area (Å²) in [7, 11) is -3.99. The number of hydrogen-bond acceptors (Lipinski definition) is 4. The summed E-state index contributed by atoms with van der Waals surface area (Å²) in [4.78, 5) is -0.218. The first-order valence-corrected chi connectivity index (χ1v) is 10.4. The number of nitrogens with two attached hydrogens (primary N) is 1. The second-order valence-corrected chi connectivity index (χ2v) is 8.48. The highest BCUT2D eigenvalue weighted by Crippen LogP contribution is 2.45. The van der Waals surface area contributed by atoms with Crippen LogP contribution < -0.4 is 5.14 Å². The number of primary sulfonamides is 1. The van der Waals surface area contributed by atoms with Crippen LogP contribution in [0.3, 0.4) is 0 Å². The fraction of sp³-hybridized carbons (Fsp3) is 0.111. The number of hydrogen-bond donors (Lipinski definition) is 1. The van der Waals surface area contributed by atoms with Crippen molar-refractivity contribution in [3.05, 3.63) is 58.2 Å². The Morgan fingerprint density at radius 2 is 1.77 bits per heavy atom. The Bertz CT molecular complexity index is 1260. The number of benzene rings is 2. The Morgan fingerprint density at radius 3 is 2.27 bits per heavy atom. The van der Waals surface area contributed by atoms with Crippen molar-refractivity contribution >= 4 is 33.2 Å². The standard InChI is InChI=1S/C18H11Cl2F3N4O2S/c19-11-3-6-13(14(20)9-11)15-16(10-1-4-12(5-2-10)30(25,28)29)26-27(8-7-24)17(15)18(21,22)23/h1-6,9H,8H2,(H2,25,28,29). The molecule has 2 aromatic carbocycles. The van der Waals surface area contributed by atoms with Gasteiger partial charge in [0.1, 0.15) is 12.2 Å². The van der Waals surface area contributed by atoms with Gasteiger partial charge < -0.3 is 0 Å². The van der Waals surface area contributed by atoms with E-state index < -0.39 is 28.4 Å². The smallest absolute Gasteiger partial charge is 0.245 e. The maximum absolute atomic E-state index is 13.9. The van der Waals surface area contributed by atoms with Gasteiger partial charge in [-0.1, -0.05) is 41.4 Å². The summed E-state index contributed by atoms with van der Waals surface area (Å²) in [5, 5.41) is 18.2. The molecule has 1 aromatic heterocycles. The topological polar surface area (TPSA) is 102 Å². The third-order valence-electron chi connectivity index (χ3n) is 4.10. The van der Waals surface area contributed by atoms with E-state index in [0.29, 0.717) is 4.68 Å². The SMILES string of the molecule is N#CCn1nc(-c2ccc(S(N)(=O)=O)cc2)c(-c2ccc(Cl)cc2Cl)c1C(F)(F)F. The normalized spacial score (nSPS) is 12.0. The first kappa shape index (κ1) is 22.1. The van der Waals surface area contributed by atoms with Gasteiger partial charge in [-0.25, -0.2) is 18.2 Å². The van der Waals surface area contributed by atoms with E-state index in [1.54, 1.807) is 6.07 Å². The molecular weight excluding hydrogens is 464 g/mol. The van der Waals surface area contributed by atoms with Gasteiger partial charge in [0.2, 0.25) is 10.0 Å². The van der Waals surface area contributed by atoms with Gasteiger partial charge in [0.25, 0.3) is 0 Å². The minimum Gasteiger partial charge on any atom is -0.245 e. The predicted octanol–water partition coefficient (Wildman–Crippen LogP) is 4.71. The maximum atomic E-state index is 13.9. The van der Waals surface area contributed by atoms with E-state index in [9.17, 15) is 21.6 Å². The molecule has 0 fully saturated rings. The van der Waals surface area contributed by atoms with Crippen LogP contribution in [0, 0.1) is 11.3 Å². The number of sulfonamides is 1. The Morgan fingerprint density at radius 1 is 1.13 bits per heavy atom. The molecule has 0 aliphatic heterocycles. The van der Waals surface area contributed by atoms with Crippen molar-refractivity contribution in [3.8, 4) is 28.5 Å². The van der Waals surface area contributed by atoms with Crippen LogP contribution in [0.15, 0.2) is 47.4 Å². The summed E-state index contributed by atoms with van der Waals surface area (Å²) in [6.45, 7) is -0.664. The molecular formula is C18H11Cl2F3N4O2S. The molecule has 6 nitrogen and oxygen atoms in total. The number of nitriles is 1. The van der Waals surface area contributed by atoms with E-state index in [1.807, 2.05) is 0 Å². The van der Waals surface area contributed by atoms with Crippen LogP contribution in [0.1, 0.15) is 5.69 Å². The predicted molar refractivity (Wildman–Crippen MR) is 105 cm³/mol. The van der Waals surface area contributed by atoms with Gasteiger partial charge in [-0.15, -0.1) is 0 Å². The minimum absolute atomic E-state index is 0.00287. The van der Waals surface area contributed by atoms with Gasteiger partial charge in [-0.3, -0.25) is 0 Å². The number of rotatable bonds is 4. The lowest BCUT2D eigenvalue weighted by Gasteiger charge is -2.13. The molecule has 0 atom stereocenters. The van der Waals surface area contributed by atoms with Crippen molar-refractivity contribution < 1.29 is 21.6 Å². The minimum atomic E-state index is -4.86. The van der Waals surface area contributed by atoms with Gasteiger partial charge in [0, 0.05) is 21.7 Å². The van der Waals surface area contributed by atoms with Crippen LogP contribution >= 0.6 is 23.2 Å². The lowest BCUT2D eigenvalue weighted by atomic mass is 9.98. The van der Waals surface area contributed by atoms with Gasteiger partial charge in [0.05, 0.1) is 16.0 Å². The molecule has 0 bridgehead atoms. The molecule has 30 heavy (non-hydrogen) atoms. The van der Waals surface area contributed by atoms with Crippen LogP contribution in [0.25, 0.3) is 22.4 Å². The molecule has 0 spiro atoms. The average molecular weight is 475 g/mol. The zero-order valence-corrected chi connectivity index (χ0v) is 17.1.